The van der Waals surface area contributed by atoms with E-state index < -0.39 is 24.3 Å². The molecular formula is C49H64N8O6. The van der Waals surface area contributed by atoms with E-state index >= 15 is 0 Å². The second-order valence-electron chi connectivity index (χ2n) is 19.4. The fourth-order valence-electron chi connectivity index (χ4n) is 11.0. The lowest BCUT2D eigenvalue weighted by molar-refractivity contribution is -0.136. The van der Waals surface area contributed by atoms with Crippen molar-refractivity contribution in [2.24, 2.45) is 23.7 Å². The number of rotatable bonds is 11. The second kappa shape index (κ2) is 17.8. The molecule has 4 heterocycles. The van der Waals surface area contributed by atoms with Gasteiger partial charge >= 0.3 is 12.2 Å². The van der Waals surface area contributed by atoms with Crippen LogP contribution in [0.4, 0.5) is 9.59 Å². The second-order valence-corrected chi connectivity index (χ2v) is 19.4. The Morgan fingerprint density at radius 3 is 1.67 bits per heavy atom. The molecule has 4 amide bonds. The number of methoxy groups -OCH3 is 2. The number of hydrogen-bond acceptors (Lipinski definition) is 8. The Morgan fingerprint density at radius 2 is 1.16 bits per heavy atom. The number of alkyl carbamates (subject to hydrolysis) is 2. The molecule has 1 unspecified atom stereocenters. The molecule has 0 radical (unpaired) electrons. The van der Waals surface area contributed by atoms with E-state index in [9.17, 15) is 19.2 Å². The van der Waals surface area contributed by atoms with E-state index in [1.165, 1.54) is 67.7 Å². The normalized spacial score (nSPS) is 22.4. The minimum Gasteiger partial charge on any atom is -0.453 e. The maximum Gasteiger partial charge on any atom is 0.407 e. The van der Waals surface area contributed by atoms with Gasteiger partial charge in [0.2, 0.25) is 11.8 Å². The van der Waals surface area contributed by atoms with Crippen molar-refractivity contribution >= 4 is 24.0 Å². The fraction of sp³-hybridized carbons (Fsp3) is 0.551. The Balaban J connectivity index is 1.05. The van der Waals surface area contributed by atoms with E-state index in [1.54, 1.807) is 0 Å². The molecule has 2 aliphatic heterocycles. The first-order valence-electron chi connectivity index (χ1n) is 22.9. The van der Waals surface area contributed by atoms with Gasteiger partial charge in [0.25, 0.3) is 0 Å². The Kier molecular flexibility index (Phi) is 12.5. The number of amides is 4. The Hall–Kier alpha value is -5.66. The fourth-order valence-corrected chi connectivity index (χ4v) is 11.0. The van der Waals surface area contributed by atoms with Crippen LogP contribution < -0.4 is 10.6 Å². The summed E-state index contributed by atoms with van der Waals surface area (Å²) < 4.78 is 9.67. The van der Waals surface area contributed by atoms with Crippen molar-refractivity contribution in [3.8, 4) is 33.6 Å². The molecule has 4 N–H and O–H groups in total. The molecular weight excluding hydrogens is 797 g/mol. The summed E-state index contributed by atoms with van der Waals surface area (Å²) in [5.41, 5.74) is 9.47. The lowest BCUT2D eigenvalue weighted by Crippen LogP contribution is -2.51. The first-order valence-corrected chi connectivity index (χ1v) is 22.9. The summed E-state index contributed by atoms with van der Waals surface area (Å²) in [6.07, 6.45) is 11.1. The van der Waals surface area contributed by atoms with E-state index in [1.807, 2.05) is 49.9 Å². The van der Waals surface area contributed by atoms with E-state index in [0.29, 0.717) is 13.1 Å². The minimum absolute atomic E-state index is 0.114. The third-order valence-electron chi connectivity index (χ3n) is 14.2. The quantitative estimate of drug-likeness (QED) is 0.116. The number of fused-ring (bicyclic) bond motifs is 2. The molecule has 14 heteroatoms. The highest BCUT2D eigenvalue weighted by molar-refractivity contribution is 5.87. The number of aromatic nitrogens is 4. The number of hydrogen-bond donors (Lipinski definition) is 4. The summed E-state index contributed by atoms with van der Waals surface area (Å²) in [6, 6.07) is 11.4. The van der Waals surface area contributed by atoms with E-state index in [2.05, 4.69) is 70.8 Å². The number of H-pyrrole nitrogens is 2. The van der Waals surface area contributed by atoms with Gasteiger partial charge in [-0.05, 0) is 95.4 Å². The number of aromatic amines is 2. The molecule has 336 valence electrons. The summed E-state index contributed by atoms with van der Waals surface area (Å²) >= 11 is 0. The average Bonchev–Trinajstić information content (AvgIpc) is 4.14. The molecule has 0 bridgehead atoms. The summed E-state index contributed by atoms with van der Waals surface area (Å²) in [5.74, 6) is 1.59. The number of imidazole rings is 2. The predicted octanol–water partition coefficient (Wildman–Crippen LogP) is 8.47. The first-order chi connectivity index (χ1) is 30.2. The predicted molar refractivity (Wildman–Crippen MR) is 240 cm³/mol. The van der Waals surface area contributed by atoms with Crippen LogP contribution in [0.25, 0.3) is 33.6 Å². The Bertz CT molecular complexity index is 2330. The molecule has 4 aliphatic rings. The first kappa shape index (κ1) is 44.0. The van der Waals surface area contributed by atoms with Gasteiger partial charge < -0.3 is 39.9 Å². The molecule has 2 aliphatic carbocycles. The van der Waals surface area contributed by atoms with Crippen molar-refractivity contribution < 1.29 is 28.7 Å². The number of nitrogens with zero attached hydrogens (tertiary/aromatic N) is 4. The summed E-state index contributed by atoms with van der Waals surface area (Å²) in [7, 11) is 2.61. The van der Waals surface area contributed by atoms with Crippen LogP contribution in [0.15, 0.2) is 48.8 Å². The Labute approximate surface area is 370 Å². The van der Waals surface area contributed by atoms with E-state index in [-0.39, 0.29) is 53.0 Å². The lowest BCUT2D eigenvalue weighted by atomic mass is 9.76. The third kappa shape index (κ3) is 8.45. The van der Waals surface area contributed by atoms with Gasteiger partial charge in [0, 0.05) is 18.7 Å². The van der Waals surface area contributed by atoms with Crippen LogP contribution in [0.2, 0.25) is 0 Å². The Morgan fingerprint density at radius 1 is 0.683 bits per heavy atom. The molecule has 1 spiro atoms. The SMILES string of the molecule is COC(=O)N[C@H](C(=O)N1C[C@@H](C)CC1c1ncc(-c2ccc(-c3ccc(-c4cnc([C@@H]5C[C@H](C)CN5C(=O)[C@@H](NC(=O)OC)C(C)C)[nH]4)c4c3C3(CCCC3)CC4)cc2)[nH]1)C(C)C. The zero-order chi connectivity index (χ0) is 44.7. The van der Waals surface area contributed by atoms with Crippen LogP contribution in [0.5, 0.6) is 0 Å². The molecule has 4 aromatic rings. The van der Waals surface area contributed by atoms with Crippen molar-refractivity contribution in [3.05, 3.63) is 71.6 Å². The number of carbonyl (C=O) groups is 4. The van der Waals surface area contributed by atoms with Crippen molar-refractivity contribution in [1.29, 1.82) is 0 Å². The topological polar surface area (TPSA) is 175 Å². The third-order valence-corrected chi connectivity index (χ3v) is 14.2. The molecule has 2 aromatic heterocycles. The van der Waals surface area contributed by atoms with Crippen LogP contribution in [-0.2, 0) is 30.9 Å². The van der Waals surface area contributed by atoms with Gasteiger partial charge in [0.1, 0.15) is 23.7 Å². The molecule has 2 aromatic carbocycles. The standard InChI is InChI=1S/C49H64N8O6/c1-27(2)41(54-47(60)62-7)45(58)56-25-29(5)21-38(56)43-50-23-36(52-43)32-13-11-31(12-14-32)33-15-16-34(35-17-20-49(40(33)35)18-9-10-19-49)37-24-51-44(53-37)39-22-30(6)26-57(39)46(59)42(28(3)4)55-48(61)63-8/h11-16,23-24,27-30,38-39,41-42H,9-10,17-22,25-26H2,1-8H3,(H,50,52)(H,51,53)(H,54,60)(H,55,61)/t29-,30-,38?,39-,41-,42-/m0/s1. The van der Waals surface area contributed by atoms with Gasteiger partial charge in [-0.15, -0.1) is 0 Å². The zero-order valence-corrected chi connectivity index (χ0v) is 38.0. The lowest BCUT2D eigenvalue weighted by Gasteiger charge is -2.30. The van der Waals surface area contributed by atoms with Gasteiger partial charge in [-0.2, -0.15) is 0 Å². The van der Waals surface area contributed by atoms with Crippen molar-refractivity contribution in [2.75, 3.05) is 27.3 Å². The number of likely N-dealkylation sites (tertiary alicyclic amines) is 2. The largest absolute Gasteiger partial charge is 0.453 e. The summed E-state index contributed by atoms with van der Waals surface area (Å²) in [6.45, 7) is 13.2. The smallest absolute Gasteiger partial charge is 0.407 e. The van der Waals surface area contributed by atoms with Crippen molar-refractivity contribution in [3.63, 3.8) is 0 Å². The molecule has 14 nitrogen and oxygen atoms in total. The number of carbonyl (C=O) groups excluding carboxylic acids is 4. The summed E-state index contributed by atoms with van der Waals surface area (Å²) in [4.78, 5) is 72.8. The zero-order valence-electron chi connectivity index (χ0n) is 38.0. The van der Waals surface area contributed by atoms with Crippen LogP contribution >= 0.6 is 0 Å². The van der Waals surface area contributed by atoms with Crippen molar-refractivity contribution in [1.82, 2.24) is 40.4 Å². The minimum atomic E-state index is -0.700. The molecule has 1 saturated carbocycles. The van der Waals surface area contributed by atoms with Gasteiger partial charge in [-0.3, -0.25) is 9.59 Å². The molecule has 8 rings (SSSR count). The maximum absolute atomic E-state index is 14.0. The van der Waals surface area contributed by atoms with Crippen LogP contribution in [0, 0.1) is 23.7 Å². The highest BCUT2D eigenvalue weighted by Crippen LogP contribution is 2.55. The number of ether oxygens (including phenoxy) is 2. The van der Waals surface area contributed by atoms with Gasteiger partial charge in [0.15, 0.2) is 0 Å². The van der Waals surface area contributed by atoms with Crippen molar-refractivity contribution in [2.45, 2.75) is 122 Å². The molecule has 2 saturated heterocycles. The highest BCUT2D eigenvalue weighted by Gasteiger charge is 2.45. The average molecular weight is 861 g/mol. The van der Waals surface area contributed by atoms with Gasteiger partial charge in [-0.1, -0.05) is 90.8 Å². The molecule has 6 atom stereocenters. The van der Waals surface area contributed by atoms with Crippen LogP contribution in [0.1, 0.15) is 121 Å². The van der Waals surface area contributed by atoms with Gasteiger partial charge in [-0.25, -0.2) is 19.6 Å². The van der Waals surface area contributed by atoms with E-state index in [4.69, 9.17) is 19.4 Å². The number of benzene rings is 2. The number of nitrogens with one attached hydrogen (secondary N) is 4. The summed E-state index contributed by atoms with van der Waals surface area (Å²) in [5, 5.41) is 5.50. The highest BCUT2D eigenvalue weighted by atomic mass is 16.5. The molecule has 3 fully saturated rings. The maximum atomic E-state index is 14.0. The molecule has 63 heavy (non-hydrogen) atoms. The monoisotopic (exact) mass is 860 g/mol. The van der Waals surface area contributed by atoms with Crippen LogP contribution in [0.3, 0.4) is 0 Å². The van der Waals surface area contributed by atoms with Crippen LogP contribution in [-0.4, -0.2) is 93.1 Å². The van der Waals surface area contributed by atoms with E-state index in [0.717, 1.165) is 54.3 Å². The van der Waals surface area contributed by atoms with Gasteiger partial charge in [0.05, 0.1) is 50.1 Å².